The SMILES string of the molecule is O=C1Cc2cc(C3=CCN(c4ccccc4)CC3)ccc2N1. The van der Waals surface area contributed by atoms with Gasteiger partial charge in [0.25, 0.3) is 0 Å². The van der Waals surface area contributed by atoms with E-state index in [1.54, 1.807) is 0 Å². The minimum absolute atomic E-state index is 0.0972. The van der Waals surface area contributed by atoms with Crippen molar-refractivity contribution in [3.63, 3.8) is 0 Å². The summed E-state index contributed by atoms with van der Waals surface area (Å²) in [6.45, 7) is 1.97. The van der Waals surface area contributed by atoms with E-state index in [-0.39, 0.29) is 5.91 Å². The molecule has 2 aliphatic rings. The molecule has 22 heavy (non-hydrogen) atoms. The maximum Gasteiger partial charge on any atom is 0.228 e. The number of nitrogens with zero attached hydrogens (tertiary/aromatic N) is 1. The third-order valence-corrected chi connectivity index (χ3v) is 4.43. The average Bonchev–Trinajstić information content (AvgIpc) is 2.95. The minimum Gasteiger partial charge on any atom is -0.367 e. The second kappa shape index (κ2) is 5.34. The van der Waals surface area contributed by atoms with E-state index >= 15 is 0 Å². The molecule has 0 spiro atoms. The highest BCUT2D eigenvalue weighted by Crippen LogP contribution is 2.30. The van der Waals surface area contributed by atoms with E-state index in [0.29, 0.717) is 6.42 Å². The van der Waals surface area contributed by atoms with Crippen LogP contribution < -0.4 is 10.2 Å². The zero-order valence-corrected chi connectivity index (χ0v) is 12.4. The van der Waals surface area contributed by atoms with Crippen molar-refractivity contribution in [3.05, 3.63) is 65.7 Å². The van der Waals surface area contributed by atoms with Crippen LogP contribution in [0.25, 0.3) is 5.57 Å². The highest BCUT2D eigenvalue weighted by Gasteiger charge is 2.19. The molecule has 0 radical (unpaired) electrons. The highest BCUT2D eigenvalue weighted by molar-refractivity contribution is 5.99. The van der Waals surface area contributed by atoms with Crippen molar-refractivity contribution in [1.29, 1.82) is 0 Å². The van der Waals surface area contributed by atoms with E-state index in [1.807, 2.05) is 6.07 Å². The number of amides is 1. The number of hydrogen-bond acceptors (Lipinski definition) is 2. The molecule has 0 aromatic heterocycles. The van der Waals surface area contributed by atoms with Crippen molar-refractivity contribution in [2.24, 2.45) is 0 Å². The Balaban J connectivity index is 1.54. The van der Waals surface area contributed by atoms with Crippen molar-refractivity contribution in [2.45, 2.75) is 12.8 Å². The van der Waals surface area contributed by atoms with Crippen LogP contribution in [0.4, 0.5) is 11.4 Å². The van der Waals surface area contributed by atoms with Gasteiger partial charge in [-0.1, -0.05) is 30.3 Å². The third-order valence-electron chi connectivity index (χ3n) is 4.43. The van der Waals surface area contributed by atoms with Crippen LogP contribution in [0.15, 0.2) is 54.6 Å². The van der Waals surface area contributed by atoms with Crippen molar-refractivity contribution >= 4 is 22.9 Å². The van der Waals surface area contributed by atoms with Crippen LogP contribution >= 0.6 is 0 Å². The lowest BCUT2D eigenvalue weighted by Crippen LogP contribution is -2.28. The summed E-state index contributed by atoms with van der Waals surface area (Å²) >= 11 is 0. The Morgan fingerprint density at radius 1 is 1.05 bits per heavy atom. The molecule has 0 saturated heterocycles. The first-order chi connectivity index (χ1) is 10.8. The van der Waals surface area contributed by atoms with Crippen LogP contribution in [0.5, 0.6) is 0 Å². The largest absolute Gasteiger partial charge is 0.367 e. The maximum atomic E-state index is 11.5. The lowest BCUT2D eigenvalue weighted by molar-refractivity contribution is -0.115. The van der Waals surface area contributed by atoms with Gasteiger partial charge >= 0.3 is 0 Å². The summed E-state index contributed by atoms with van der Waals surface area (Å²) < 4.78 is 0. The molecule has 1 N–H and O–H groups in total. The van der Waals surface area contributed by atoms with Crippen LogP contribution in [-0.2, 0) is 11.2 Å². The van der Waals surface area contributed by atoms with Gasteiger partial charge in [-0.3, -0.25) is 4.79 Å². The number of rotatable bonds is 2. The second-order valence-corrected chi connectivity index (χ2v) is 5.86. The number of anilines is 2. The van der Waals surface area contributed by atoms with E-state index in [0.717, 1.165) is 30.8 Å². The Kier molecular flexibility index (Phi) is 3.19. The van der Waals surface area contributed by atoms with Gasteiger partial charge in [-0.25, -0.2) is 0 Å². The lowest BCUT2D eigenvalue weighted by atomic mass is 9.96. The number of carbonyl (C=O) groups excluding carboxylic acids is 1. The molecule has 0 saturated carbocycles. The Bertz CT molecular complexity index is 749. The van der Waals surface area contributed by atoms with Gasteiger partial charge in [0, 0.05) is 24.5 Å². The number of carbonyl (C=O) groups is 1. The first-order valence-electron chi connectivity index (χ1n) is 7.72. The van der Waals surface area contributed by atoms with Crippen LogP contribution in [0.1, 0.15) is 17.5 Å². The molecule has 0 unspecified atom stereocenters. The summed E-state index contributed by atoms with van der Waals surface area (Å²) in [4.78, 5) is 13.8. The Morgan fingerprint density at radius 2 is 1.91 bits per heavy atom. The van der Waals surface area contributed by atoms with Crippen LogP contribution in [0.2, 0.25) is 0 Å². The van der Waals surface area contributed by atoms with Gasteiger partial charge in [0.15, 0.2) is 0 Å². The maximum absolute atomic E-state index is 11.5. The number of benzene rings is 2. The quantitative estimate of drug-likeness (QED) is 0.918. The molecule has 2 aromatic carbocycles. The van der Waals surface area contributed by atoms with E-state index in [1.165, 1.54) is 16.8 Å². The number of para-hydroxylation sites is 1. The highest BCUT2D eigenvalue weighted by atomic mass is 16.1. The first-order valence-corrected chi connectivity index (χ1v) is 7.72. The Labute approximate surface area is 130 Å². The molecule has 2 heterocycles. The average molecular weight is 290 g/mol. The summed E-state index contributed by atoms with van der Waals surface area (Å²) in [5, 5.41) is 2.89. The molecule has 4 rings (SSSR count). The molecule has 2 aliphatic heterocycles. The molecule has 0 fully saturated rings. The normalized spacial score (nSPS) is 17.0. The Morgan fingerprint density at radius 3 is 2.68 bits per heavy atom. The van der Waals surface area contributed by atoms with Crippen molar-refractivity contribution in [1.82, 2.24) is 0 Å². The fourth-order valence-electron chi connectivity index (χ4n) is 3.23. The zero-order chi connectivity index (χ0) is 14.9. The standard InChI is InChI=1S/C19H18N2O/c22-19-13-16-12-15(6-7-18(16)20-19)14-8-10-21(11-9-14)17-4-2-1-3-5-17/h1-8,12H,9-11,13H2,(H,20,22). The van der Waals surface area contributed by atoms with E-state index in [9.17, 15) is 4.79 Å². The third kappa shape index (κ3) is 2.39. The van der Waals surface area contributed by atoms with Crippen molar-refractivity contribution in [2.75, 3.05) is 23.3 Å². The molecule has 1 amide bonds. The van der Waals surface area contributed by atoms with Crippen molar-refractivity contribution < 1.29 is 4.79 Å². The van der Waals surface area contributed by atoms with Gasteiger partial charge in [0.1, 0.15) is 0 Å². The molecular formula is C19H18N2O. The van der Waals surface area contributed by atoms with Gasteiger partial charge < -0.3 is 10.2 Å². The van der Waals surface area contributed by atoms with Crippen LogP contribution in [-0.4, -0.2) is 19.0 Å². The predicted octanol–water partition coefficient (Wildman–Crippen LogP) is 3.47. The topological polar surface area (TPSA) is 32.3 Å². The molecule has 0 atom stereocenters. The van der Waals surface area contributed by atoms with Gasteiger partial charge in [-0.05, 0) is 47.4 Å². The van der Waals surface area contributed by atoms with Gasteiger partial charge in [-0.2, -0.15) is 0 Å². The van der Waals surface area contributed by atoms with Crippen molar-refractivity contribution in [3.8, 4) is 0 Å². The predicted molar refractivity (Wildman–Crippen MR) is 90.0 cm³/mol. The second-order valence-electron chi connectivity index (χ2n) is 5.86. The molecule has 3 heteroatoms. The molecule has 0 bridgehead atoms. The molecule has 3 nitrogen and oxygen atoms in total. The summed E-state index contributed by atoms with van der Waals surface area (Å²) in [5.74, 6) is 0.0972. The minimum atomic E-state index is 0.0972. The molecule has 2 aromatic rings. The Hall–Kier alpha value is -2.55. The smallest absolute Gasteiger partial charge is 0.228 e. The van der Waals surface area contributed by atoms with E-state index in [4.69, 9.17) is 0 Å². The van der Waals surface area contributed by atoms with Gasteiger partial charge in [0.2, 0.25) is 5.91 Å². The summed E-state index contributed by atoms with van der Waals surface area (Å²) in [6, 6.07) is 16.8. The van der Waals surface area contributed by atoms with E-state index < -0.39 is 0 Å². The molecular weight excluding hydrogens is 272 g/mol. The monoisotopic (exact) mass is 290 g/mol. The summed E-state index contributed by atoms with van der Waals surface area (Å²) in [5.41, 5.74) is 6.00. The van der Waals surface area contributed by atoms with Gasteiger partial charge in [0.05, 0.1) is 6.42 Å². The first kappa shape index (κ1) is 13.1. The molecule has 0 aliphatic carbocycles. The van der Waals surface area contributed by atoms with Crippen LogP contribution in [0, 0.1) is 0 Å². The number of hydrogen-bond donors (Lipinski definition) is 1. The number of nitrogens with one attached hydrogen (secondary N) is 1. The summed E-state index contributed by atoms with van der Waals surface area (Å²) in [7, 11) is 0. The summed E-state index contributed by atoms with van der Waals surface area (Å²) in [6.07, 6.45) is 3.85. The zero-order valence-electron chi connectivity index (χ0n) is 12.4. The van der Waals surface area contributed by atoms with E-state index in [2.05, 4.69) is 58.8 Å². The lowest BCUT2D eigenvalue weighted by Gasteiger charge is -2.28. The fraction of sp³-hybridized carbons (Fsp3) is 0.211. The number of fused-ring (bicyclic) bond motifs is 1. The van der Waals surface area contributed by atoms with Crippen LogP contribution in [0.3, 0.4) is 0 Å². The van der Waals surface area contributed by atoms with Gasteiger partial charge in [-0.15, -0.1) is 0 Å². The fourth-order valence-corrected chi connectivity index (χ4v) is 3.23. The molecule has 110 valence electrons.